The molecule has 54 valence electrons. The molecule has 1 N–H and O–H groups in total. The Balaban J connectivity index is 2.35. The third kappa shape index (κ3) is 1.89. The zero-order chi connectivity index (χ0) is 7.40. The first-order valence-electron chi connectivity index (χ1n) is 2.89. The van der Waals surface area contributed by atoms with Crippen molar-refractivity contribution in [2.45, 2.75) is 12.8 Å². The molecular weight excluding hydrogens is 134 g/mol. The Morgan fingerprint density at radius 1 is 1.80 bits per heavy atom. The van der Waals surface area contributed by atoms with Crippen LogP contribution in [0.4, 0.5) is 0 Å². The highest BCUT2D eigenvalue weighted by Crippen LogP contribution is 1.97. The maximum absolute atomic E-state index is 10.0. The van der Waals surface area contributed by atoms with Gasteiger partial charge < -0.3 is 9.52 Å². The predicted octanol–water partition coefficient (Wildman–Crippen LogP) is 0.692. The van der Waals surface area contributed by atoms with Crippen LogP contribution in [0.3, 0.4) is 0 Å². The van der Waals surface area contributed by atoms with Crippen LogP contribution in [0.5, 0.6) is 0 Å². The summed E-state index contributed by atoms with van der Waals surface area (Å²) in [6, 6.07) is 0. The zero-order valence-electron chi connectivity index (χ0n) is 5.28. The molecule has 0 aliphatic heterocycles. The molecule has 0 fully saturated rings. The zero-order valence-corrected chi connectivity index (χ0v) is 5.28. The summed E-state index contributed by atoms with van der Waals surface area (Å²) in [5.74, 6) is -0.361. The number of carboxylic acids is 1. The molecule has 1 rings (SSSR count). The van der Waals surface area contributed by atoms with Crippen molar-refractivity contribution < 1.29 is 14.3 Å². The largest absolute Gasteiger partial charge is 0.481 e. The average molecular weight is 141 g/mol. The Labute approximate surface area is 57.5 Å². The summed E-state index contributed by atoms with van der Waals surface area (Å²) >= 11 is 0. The predicted molar refractivity (Wildman–Crippen MR) is 32.5 cm³/mol. The maximum atomic E-state index is 10.0. The average Bonchev–Trinajstić information content (AvgIpc) is 2.34. The van der Waals surface area contributed by atoms with E-state index < -0.39 is 5.97 Å². The standard InChI is InChI=1S/C6H7NO3/c8-6(9)2-1-5-7-3-4-10-5/h3-4H,1-2H2,(H,8,9). The van der Waals surface area contributed by atoms with Crippen LogP contribution in [0.1, 0.15) is 12.3 Å². The number of carboxylic acid groups (broad SMARTS) is 1. The lowest BCUT2D eigenvalue weighted by molar-refractivity contribution is -0.137. The van der Waals surface area contributed by atoms with E-state index in [1.807, 2.05) is 0 Å². The molecule has 0 saturated carbocycles. The Morgan fingerprint density at radius 2 is 2.60 bits per heavy atom. The molecule has 0 saturated heterocycles. The first-order chi connectivity index (χ1) is 4.79. The summed E-state index contributed by atoms with van der Waals surface area (Å²) in [4.78, 5) is 13.8. The number of nitrogens with zero attached hydrogens (tertiary/aromatic N) is 1. The molecule has 0 aliphatic carbocycles. The number of aliphatic carboxylic acids is 1. The first-order valence-corrected chi connectivity index (χ1v) is 2.89. The van der Waals surface area contributed by atoms with Gasteiger partial charge in [0.1, 0.15) is 6.26 Å². The van der Waals surface area contributed by atoms with Crippen molar-refractivity contribution in [3.8, 4) is 0 Å². The van der Waals surface area contributed by atoms with Crippen LogP contribution in [0.2, 0.25) is 0 Å². The number of rotatable bonds is 3. The van der Waals surface area contributed by atoms with Gasteiger partial charge in [0.05, 0.1) is 12.6 Å². The van der Waals surface area contributed by atoms with Gasteiger partial charge in [-0.2, -0.15) is 0 Å². The lowest BCUT2D eigenvalue weighted by Crippen LogP contribution is -1.97. The van der Waals surface area contributed by atoms with Crippen molar-refractivity contribution in [2.75, 3.05) is 0 Å². The van der Waals surface area contributed by atoms with Gasteiger partial charge >= 0.3 is 5.97 Å². The summed E-state index contributed by atoms with van der Waals surface area (Å²) in [6.07, 6.45) is 3.36. The van der Waals surface area contributed by atoms with Crippen molar-refractivity contribution in [3.05, 3.63) is 18.4 Å². The molecule has 0 radical (unpaired) electrons. The van der Waals surface area contributed by atoms with Gasteiger partial charge in [0.2, 0.25) is 0 Å². The summed E-state index contributed by atoms with van der Waals surface area (Å²) in [7, 11) is 0. The molecule has 4 heteroatoms. The molecule has 0 aromatic carbocycles. The van der Waals surface area contributed by atoms with E-state index in [1.54, 1.807) is 0 Å². The molecule has 1 aromatic rings. The fourth-order valence-electron chi connectivity index (χ4n) is 0.590. The number of aromatic nitrogens is 1. The Hall–Kier alpha value is -1.32. The van der Waals surface area contributed by atoms with Crippen LogP contribution < -0.4 is 0 Å². The van der Waals surface area contributed by atoms with E-state index in [4.69, 9.17) is 9.52 Å². The van der Waals surface area contributed by atoms with Crippen molar-refractivity contribution >= 4 is 5.97 Å². The van der Waals surface area contributed by atoms with Crippen LogP contribution in [-0.2, 0) is 11.2 Å². The van der Waals surface area contributed by atoms with Crippen molar-refractivity contribution in [1.82, 2.24) is 4.98 Å². The van der Waals surface area contributed by atoms with E-state index in [9.17, 15) is 4.79 Å². The second kappa shape index (κ2) is 3.00. The third-order valence-electron chi connectivity index (χ3n) is 1.04. The third-order valence-corrected chi connectivity index (χ3v) is 1.04. The minimum Gasteiger partial charge on any atom is -0.481 e. The van der Waals surface area contributed by atoms with E-state index in [-0.39, 0.29) is 6.42 Å². The minimum atomic E-state index is -0.835. The second-order valence-electron chi connectivity index (χ2n) is 1.82. The summed E-state index contributed by atoms with van der Waals surface area (Å²) in [5.41, 5.74) is 0. The van der Waals surface area contributed by atoms with Gasteiger partial charge in [-0.25, -0.2) is 4.98 Å². The van der Waals surface area contributed by atoms with Crippen molar-refractivity contribution in [3.63, 3.8) is 0 Å². The van der Waals surface area contributed by atoms with E-state index in [0.29, 0.717) is 12.3 Å². The quantitative estimate of drug-likeness (QED) is 0.672. The molecule has 0 bridgehead atoms. The van der Waals surface area contributed by atoms with Crippen LogP contribution in [0.25, 0.3) is 0 Å². The van der Waals surface area contributed by atoms with E-state index in [2.05, 4.69) is 4.98 Å². The number of hydrogen-bond acceptors (Lipinski definition) is 3. The van der Waals surface area contributed by atoms with E-state index in [0.717, 1.165) is 0 Å². The van der Waals surface area contributed by atoms with Gasteiger partial charge in [-0.15, -0.1) is 0 Å². The monoisotopic (exact) mass is 141 g/mol. The maximum Gasteiger partial charge on any atom is 0.303 e. The van der Waals surface area contributed by atoms with Gasteiger partial charge in [-0.3, -0.25) is 4.79 Å². The van der Waals surface area contributed by atoms with E-state index in [1.165, 1.54) is 12.5 Å². The van der Waals surface area contributed by atoms with Crippen LogP contribution in [0.15, 0.2) is 16.9 Å². The van der Waals surface area contributed by atoms with Gasteiger partial charge in [0.25, 0.3) is 0 Å². The fraction of sp³-hybridized carbons (Fsp3) is 0.333. The SMILES string of the molecule is O=C(O)CCc1ncco1. The van der Waals surface area contributed by atoms with Gasteiger partial charge in [0.15, 0.2) is 5.89 Å². The summed E-state index contributed by atoms with van der Waals surface area (Å²) in [5, 5.41) is 8.24. The normalized spacial score (nSPS) is 9.60. The van der Waals surface area contributed by atoms with Gasteiger partial charge in [0, 0.05) is 6.42 Å². The smallest absolute Gasteiger partial charge is 0.303 e. The number of oxazole rings is 1. The number of carbonyl (C=O) groups is 1. The van der Waals surface area contributed by atoms with Crippen LogP contribution >= 0.6 is 0 Å². The Bertz CT molecular complexity index is 205. The lowest BCUT2D eigenvalue weighted by atomic mass is 10.3. The Kier molecular flexibility index (Phi) is 2.04. The highest BCUT2D eigenvalue weighted by Gasteiger charge is 2.00. The van der Waals surface area contributed by atoms with Crippen LogP contribution in [0, 0.1) is 0 Å². The van der Waals surface area contributed by atoms with Crippen LogP contribution in [-0.4, -0.2) is 16.1 Å². The topological polar surface area (TPSA) is 63.3 Å². The van der Waals surface area contributed by atoms with Gasteiger partial charge in [-0.1, -0.05) is 0 Å². The highest BCUT2D eigenvalue weighted by molar-refractivity contribution is 5.66. The highest BCUT2D eigenvalue weighted by atomic mass is 16.4. The molecule has 10 heavy (non-hydrogen) atoms. The molecule has 4 nitrogen and oxygen atoms in total. The lowest BCUT2D eigenvalue weighted by Gasteiger charge is -1.87. The van der Waals surface area contributed by atoms with Gasteiger partial charge in [-0.05, 0) is 0 Å². The summed E-state index contributed by atoms with van der Waals surface area (Å²) < 4.78 is 4.81. The molecule has 1 aromatic heterocycles. The number of aryl methyl sites for hydroxylation is 1. The molecule has 0 spiro atoms. The first kappa shape index (κ1) is 6.80. The molecular formula is C6H7NO3. The molecule has 0 aliphatic rings. The second-order valence-corrected chi connectivity index (χ2v) is 1.82. The van der Waals surface area contributed by atoms with E-state index >= 15 is 0 Å². The Morgan fingerprint density at radius 3 is 3.10 bits per heavy atom. The van der Waals surface area contributed by atoms with Crippen molar-refractivity contribution in [1.29, 1.82) is 0 Å². The molecule has 1 heterocycles. The summed E-state index contributed by atoms with van der Waals surface area (Å²) in [6.45, 7) is 0. The fourth-order valence-corrected chi connectivity index (χ4v) is 0.590. The van der Waals surface area contributed by atoms with Crippen molar-refractivity contribution in [2.24, 2.45) is 0 Å². The number of hydrogen-bond donors (Lipinski definition) is 1. The minimum absolute atomic E-state index is 0.0700. The molecule has 0 atom stereocenters. The molecule has 0 unspecified atom stereocenters. The molecule has 0 amide bonds.